The maximum absolute atomic E-state index is 10.8. The van der Waals surface area contributed by atoms with Crippen molar-refractivity contribution in [1.82, 2.24) is 5.32 Å². The third kappa shape index (κ3) is 2.40. The normalized spacial score (nSPS) is 23.5. The zero-order chi connectivity index (χ0) is 12.4. The fourth-order valence-electron chi connectivity index (χ4n) is 1.74. The van der Waals surface area contributed by atoms with Crippen LogP contribution in [0.2, 0.25) is 0 Å². The van der Waals surface area contributed by atoms with Crippen LogP contribution in [-0.4, -0.2) is 27.1 Å². The molecule has 2 atom stereocenters. The molecule has 1 heterocycles. The van der Waals surface area contributed by atoms with Gasteiger partial charge in [0, 0.05) is 23.4 Å². The minimum absolute atomic E-state index is 0.0247. The highest BCUT2D eigenvalue weighted by molar-refractivity contribution is 8.00. The summed E-state index contributed by atoms with van der Waals surface area (Å²) in [5.41, 5.74) is 0.561. The molecule has 1 aliphatic rings. The van der Waals surface area contributed by atoms with Gasteiger partial charge in [-0.1, -0.05) is 18.2 Å². The molecule has 1 saturated heterocycles. The first-order chi connectivity index (χ1) is 8.09. The predicted octanol–water partition coefficient (Wildman–Crippen LogP) is 1.38. The van der Waals surface area contributed by atoms with Gasteiger partial charge in [-0.2, -0.15) is 0 Å². The fourth-order valence-corrected chi connectivity index (χ4v) is 2.81. The van der Waals surface area contributed by atoms with E-state index in [0.717, 1.165) is 0 Å². The predicted molar refractivity (Wildman–Crippen MR) is 62.9 cm³/mol. The van der Waals surface area contributed by atoms with E-state index in [9.17, 15) is 14.9 Å². The minimum atomic E-state index is -0.948. The number of carboxylic acid groups (broad SMARTS) is 1. The molecule has 0 aliphatic carbocycles. The minimum Gasteiger partial charge on any atom is -0.479 e. The molecule has 0 saturated carbocycles. The van der Waals surface area contributed by atoms with Gasteiger partial charge in [-0.15, -0.1) is 11.8 Å². The van der Waals surface area contributed by atoms with Gasteiger partial charge in [0.1, 0.15) is 0 Å². The average molecular weight is 254 g/mol. The van der Waals surface area contributed by atoms with E-state index in [4.69, 9.17) is 5.11 Å². The number of para-hydroxylation sites is 1. The molecule has 17 heavy (non-hydrogen) atoms. The lowest BCUT2D eigenvalue weighted by Crippen LogP contribution is -2.30. The second kappa shape index (κ2) is 4.72. The van der Waals surface area contributed by atoms with E-state index in [-0.39, 0.29) is 11.7 Å². The summed E-state index contributed by atoms with van der Waals surface area (Å²) < 4.78 is 0. The van der Waals surface area contributed by atoms with Crippen LogP contribution in [0, 0.1) is 10.1 Å². The molecule has 2 rings (SSSR count). The van der Waals surface area contributed by atoms with Gasteiger partial charge in [0.05, 0.1) is 4.92 Å². The van der Waals surface area contributed by atoms with Gasteiger partial charge >= 0.3 is 5.97 Å². The smallest absolute Gasteiger partial charge is 0.331 e. The molecule has 0 amide bonds. The third-order valence-electron chi connectivity index (χ3n) is 2.52. The zero-order valence-electron chi connectivity index (χ0n) is 8.70. The monoisotopic (exact) mass is 254 g/mol. The van der Waals surface area contributed by atoms with Crippen molar-refractivity contribution >= 4 is 23.4 Å². The number of hydrogen-bond acceptors (Lipinski definition) is 5. The van der Waals surface area contributed by atoms with E-state index in [1.807, 2.05) is 0 Å². The average Bonchev–Trinajstić information content (AvgIpc) is 2.78. The Kier molecular flexibility index (Phi) is 3.30. The number of hydrogen-bond donors (Lipinski definition) is 2. The second-order valence-corrected chi connectivity index (χ2v) is 4.72. The summed E-state index contributed by atoms with van der Waals surface area (Å²) >= 11 is 1.24. The standard InChI is InChI=1S/C10H10N2O4S/c13-10(14)9-11-7(5-17-9)6-3-1-2-4-8(6)12(15)16/h1-4,7,9,11H,5H2,(H,13,14)/t7-,9+/m1/s1. The molecule has 0 aromatic heterocycles. The molecule has 1 aromatic rings. The van der Waals surface area contributed by atoms with Crippen molar-refractivity contribution < 1.29 is 14.8 Å². The highest BCUT2D eigenvalue weighted by Crippen LogP contribution is 2.33. The molecule has 0 spiro atoms. The topological polar surface area (TPSA) is 92.5 Å². The van der Waals surface area contributed by atoms with E-state index < -0.39 is 16.3 Å². The molecular formula is C10H10N2O4S. The first kappa shape index (κ1) is 11.9. The summed E-state index contributed by atoms with van der Waals surface area (Å²) in [6, 6.07) is 6.10. The van der Waals surface area contributed by atoms with Crippen LogP contribution in [-0.2, 0) is 4.79 Å². The number of carboxylic acids is 1. The second-order valence-electron chi connectivity index (χ2n) is 3.59. The Hall–Kier alpha value is -1.60. The number of carbonyl (C=O) groups is 1. The van der Waals surface area contributed by atoms with Crippen LogP contribution < -0.4 is 5.32 Å². The third-order valence-corrected chi connectivity index (χ3v) is 3.71. The van der Waals surface area contributed by atoms with Crippen LogP contribution >= 0.6 is 11.8 Å². The SMILES string of the molecule is O=C(O)[C@H]1N[C@@H](c2ccccc2[N+](=O)[O-])CS1. The lowest BCUT2D eigenvalue weighted by atomic mass is 10.1. The molecule has 6 nitrogen and oxygen atoms in total. The van der Waals surface area contributed by atoms with Gasteiger partial charge in [-0.05, 0) is 0 Å². The number of nitro benzene ring substituents is 1. The van der Waals surface area contributed by atoms with Gasteiger partial charge in [0.2, 0.25) is 0 Å². The molecule has 90 valence electrons. The van der Waals surface area contributed by atoms with Crippen molar-refractivity contribution in [1.29, 1.82) is 0 Å². The highest BCUT2D eigenvalue weighted by Gasteiger charge is 2.33. The van der Waals surface area contributed by atoms with E-state index >= 15 is 0 Å². The number of nitrogens with one attached hydrogen (secondary N) is 1. The van der Waals surface area contributed by atoms with Crippen molar-refractivity contribution in [2.45, 2.75) is 11.4 Å². The van der Waals surface area contributed by atoms with Crippen molar-refractivity contribution in [3.63, 3.8) is 0 Å². The maximum atomic E-state index is 10.8. The van der Waals surface area contributed by atoms with Crippen LogP contribution in [0.3, 0.4) is 0 Å². The Morgan fingerprint density at radius 3 is 2.82 bits per heavy atom. The number of thioether (sulfide) groups is 1. The highest BCUT2D eigenvalue weighted by atomic mass is 32.2. The van der Waals surface area contributed by atoms with Gasteiger partial charge < -0.3 is 5.11 Å². The van der Waals surface area contributed by atoms with Gasteiger partial charge in [0.25, 0.3) is 5.69 Å². The maximum Gasteiger partial charge on any atom is 0.331 e. The number of nitrogens with zero attached hydrogens (tertiary/aromatic N) is 1. The largest absolute Gasteiger partial charge is 0.479 e. The van der Waals surface area contributed by atoms with Gasteiger partial charge in [0.15, 0.2) is 5.37 Å². The summed E-state index contributed by atoms with van der Waals surface area (Å²) in [6.07, 6.45) is 0. The van der Waals surface area contributed by atoms with Crippen molar-refractivity contribution in [3.8, 4) is 0 Å². The molecule has 7 heteroatoms. The van der Waals surface area contributed by atoms with Crippen molar-refractivity contribution in [2.75, 3.05) is 5.75 Å². The van der Waals surface area contributed by atoms with Crippen molar-refractivity contribution in [2.24, 2.45) is 0 Å². The van der Waals surface area contributed by atoms with Crippen LogP contribution in [0.4, 0.5) is 5.69 Å². The molecule has 1 aromatic carbocycles. The lowest BCUT2D eigenvalue weighted by molar-refractivity contribution is -0.385. The molecule has 0 bridgehead atoms. The van der Waals surface area contributed by atoms with Gasteiger partial charge in [-0.25, -0.2) is 4.79 Å². The Bertz CT molecular complexity index is 465. The van der Waals surface area contributed by atoms with Crippen LogP contribution in [0.1, 0.15) is 11.6 Å². The lowest BCUT2D eigenvalue weighted by Gasteiger charge is -2.11. The quantitative estimate of drug-likeness (QED) is 0.625. The molecular weight excluding hydrogens is 244 g/mol. The summed E-state index contributed by atoms with van der Waals surface area (Å²) in [5, 5.41) is 21.9. The summed E-state index contributed by atoms with van der Waals surface area (Å²) in [6.45, 7) is 0. The number of rotatable bonds is 3. The van der Waals surface area contributed by atoms with Gasteiger partial charge in [-0.3, -0.25) is 15.4 Å². The van der Waals surface area contributed by atoms with Crippen molar-refractivity contribution in [3.05, 3.63) is 39.9 Å². The zero-order valence-corrected chi connectivity index (χ0v) is 9.52. The van der Waals surface area contributed by atoms with E-state index in [1.165, 1.54) is 17.8 Å². The molecule has 0 unspecified atom stereocenters. The Morgan fingerprint density at radius 1 is 1.53 bits per heavy atom. The van der Waals surface area contributed by atoms with E-state index in [0.29, 0.717) is 11.3 Å². The summed E-state index contributed by atoms with van der Waals surface area (Å²) in [5.74, 6) is -0.432. The molecule has 1 aliphatic heterocycles. The summed E-state index contributed by atoms with van der Waals surface area (Å²) in [4.78, 5) is 21.2. The summed E-state index contributed by atoms with van der Waals surface area (Å²) in [7, 11) is 0. The van der Waals surface area contributed by atoms with E-state index in [1.54, 1.807) is 18.2 Å². The Balaban J connectivity index is 2.24. The van der Waals surface area contributed by atoms with E-state index in [2.05, 4.69) is 5.32 Å². The van der Waals surface area contributed by atoms with Crippen LogP contribution in [0.25, 0.3) is 0 Å². The Labute approximate surface area is 101 Å². The molecule has 1 fully saturated rings. The van der Waals surface area contributed by atoms with Crippen LogP contribution in [0.15, 0.2) is 24.3 Å². The number of aliphatic carboxylic acids is 1. The number of benzene rings is 1. The fraction of sp³-hybridized carbons (Fsp3) is 0.300. The first-order valence-electron chi connectivity index (χ1n) is 4.93. The van der Waals surface area contributed by atoms with Crippen LogP contribution in [0.5, 0.6) is 0 Å². The Morgan fingerprint density at radius 2 is 2.24 bits per heavy atom. The molecule has 2 N–H and O–H groups in total. The first-order valence-corrected chi connectivity index (χ1v) is 5.98. The molecule has 0 radical (unpaired) electrons. The number of nitro groups is 1.